The lowest BCUT2D eigenvalue weighted by Crippen LogP contribution is -2.62. The number of nitrogens with one attached hydrogen (secondary N) is 3. The second-order valence-corrected chi connectivity index (χ2v) is 9.66. The maximum atomic E-state index is 13.2. The Bertz CT molecular complexity index is 758. The van der Waals surface area contributed by atoms with Gasteiger partial charge in [0.05, 0.1) is 29.1 Å². The normalized spacial score (nSPS) is 25.0. The summed E-state index contributed by atoms with van der Waals surface area (Å²) in [6.07, 6.45) is 1.63. The Balaban J connectivity index is 1.73. The molecule has 2 saturated heterocycles. The maximum absolute atomic E-state index is 13.2. The Morgan fingerprint density at radius 2 is 1.94 bits per heavy atom. The average Bonchev–Trinajstić information content (AvgIpc) is 2.75. The number of rotatable bonds is 6. The van der Waals surface area contributed by atoms with Crippen LogP contribution in [0.4, 0.5) is 11.4 Å². The fourth-order valence-corrected chi connectivity index (χ4v) is 4.25. The SMILES string of the molecule is CC(C)(C)N1CCN(c2ccncc2NC(=O)C(C(N)N=O)C2NCC(Cl)CN2)CC1. The third-order valence-electron chi connectivity index (χ3n) is 5.89. The Morgan fingerprint density at radius 3 is 2.52 bits per heavy atom. The van der Waals surface area contributed by atoms with E-state index in [9.17, 15) is 9.70 Å². The van der Waals surface area contributed by atoms with Gasteiger partial charge in [-0.3, -0.25) is 25.3 Å². The molecule has 5 N–H and O–H groups in total. The molecule has 1 aromatic heterocycles. The number of nitrogens with zero attached hydrogens (tertiary/aromatic N) is 4. The summed E-state index contributed by atoms with van der Waals surface area (Å²) in [6, 6.07) is 1.89. The van der Waals surface area contributed by atoms with Crippen LogP contribution in [-0.2, 0) is 4.79 Å². The van der Waals surface area contributed by atoms with E-state index in [0.717, 1.165) is 31.9 Å². The lowest BCUT2D eigenvalue weighted by molar-refractivity contribution is -0.121. The fraction of sp³-hybridized carbons (Fsp3) is 0.700. The highest BCUT2D eigenvalue weighted by atomic mass is 35.5. The Kier molecular flexibility index (Phi) is 7.82. The van der Waals surface area contributed by atoms with Crippen molar-refractivity contribution < 1.29 is 4.79 Å². The summed E-state index contributed by atoms with van der Waals surface area (Å²) in [7, 11) is 0. The Labute approximate surface area is 188 Å². The molecule has 2 atom stereocenters. The molecular formula is C20H33ClN8O2. The number of hydrogen-bond donors (Lipinski definition) is 4. The maximum Gasteiger partial charge on any atom is 0.234 e. The minimum absolute atomic E-state index is 0.0999. The van der Waals surface area contributed by atoms with E-state index in [2.05, 4.69) is 56.7 Å². The average molecular weight is 453 g/mol. The number of piperazine rings is 1. The van der Waals surface area contributed by atoms with Gasteiger partial charge in [-0.25, -0.2) is 0 Å². The number of carbonyl (C=O) groups excluding carboxylic acids is 1. The lowest BCUT2D eigenvalue weighted by atomic mass is 9.99. The van der Waals surface area contributed by atoms with Gasteiger partial charge in [0.15, 0.2) is 6.17 Å². The molecule has 0 bridgehead atoms. The van der Waals surface area contributed by atoms with Crippen molar-refractivity contribution in [2.24, 2.45) is 16.8 Å². The molecular weight excluding hydrogens is 420 g/mol. The van der Waals surface area contributed by atoms with E-state index in [-0.39, 0.29) is 10.9 Å². The summed E-state index contributed by atoms with van der Waals surface area (Å²) in [6.45, 7) is 11.2. The number of amides is 1. The second-order valence-electron chi connectivity index (χ2n) is 9.04. The van der Waals surface area contributed by atoms with Crippen molar-refractivity contribution in [2.75, 3.05) is 49.5 Å². The first-order chi connectivity index (χ1) is 14.7. The molecule has 2 aliphatic rings. The van der Waals surface area contributed by atoms with E-state index in [1.54, 1.807) is 12.4 Å². The van der Waals surface area contributed by atoms with Crippen molar-refractivity contribution in [3.8, 4) is 0 Å². The smallest absolute Gasteiger partial charge is 0.234 e. The van der Waals surface area contributed by atoms with Crippen LogP contribution in [-0.4, -0.2) is 78.3 Å². The predicted octanol–water partition coefficient (Wildman–Crippen LogP) is 0.734. The molecule has 3 rings (SSSR count). The zero-order chi connectivity index (χ0) is 22.6. The summed E-state index contributed by atoms with van der Waals surface area (Å²) in [5.41, 5.74) is 7.49. The predicted molar refractivity (Wildman–Crippen MR) is 123 cm³/mol. The topological polar surface area (TPSA) is 128 Å². The number of alkyl halides is 1. The summed E-state index contributed by atoms with van der Waals surface area (Å²) < 4.78 is 0. The van der Waals surface area contributed by atoms with Crippen LogP contribution in [0.3, 0.4) is 0 Å². The van der Waals surface area contributed by atoms with E-state index in [4.69, 9.17) is 17.3 Å². The Morgan fingerprint density at radius 1 is 1.29 bits per heavy atom. The molecule has 0 spiro atoms. The van der Waals surface area contributed by atoms with Crippen molar-refractivity contribution in [3.05, 3.63) is 23.4 Å². The molecule has 3 heterocycles. The van der Waals surface area contributed by atoms with Crippen LogP contribution in [0.5, 0.6) is 0 Å². The highest BCUT2D eigenvalue weighted by Gasteiger charge is 2.37. The molecule has 10 nitrogen and oxygen atoms in total. The van der Waals surface area contributed by atoms with Gasteiger partial charge < -0.3 is 16.0 Å². The van der Waals surface area contributed by atoms with Gasteiger partial charge >= 0.3 is 0 Å². The first-order valence-corrected chi connectivity index (χ1v) is 11.1. The van der Waals surface area contributed by atoms with Crippen LogP contribution in [0.2, 0.25) is 0 Å². The molecule has 2 aliphatic heterocycles. The number of nitrogens with two attached hydrogens (primary N) is 1. The number of aromatic nitrogens is 1. The molecule has 0 aliphatic carbocycles. The summed E-state index contributed by atoms with van der Waals surface area (Å²) in [5, 5.41) is 12.0. The van der Waals surface area contributed by atoms with Crippen molar-refractivity contribution >= 4 is 28.9 Å². The molecule has 0 aromatic carbocycles. The van der Waals surface area contributed by atoms with Crippen LogP contribution in [0.1, 0.15) is 20.8 Å². The van der Waals surface area contributed by atoms with Gasteiger partial charge in [-0.15, -0.1) is 16.5 Å². The van der Waals surface area contributed by atoms with Gasteiger partial charge in [0, 0.05) is 51.0 Å². The number of anilines is 2. The van der Waals surface area contributed by atoms with Crippen molar-refractivity contribution in [1.82, 2.24) is 20.5 Å². The summed E-state index contributed by atoms with van der Waals surface area (Å²) in [4.78, 5) is 33.2. The van der Waals surface area contributed by atoms with Crippen LogP contribution in [0.25, 0.3) is 0 Å². The van der Waals surface area contributed by atoms with Crippen LogP contribution in [0, 0.1) is 10.8 Å². The fourth-order valence-electron chi connectivity index (χ4n) is 4.07. The minimum atomic E-state index is -1.20. The van der Waals surface area contributed by atoms with Gasteiger partial charge in [0.25, 0.3) is 0 Å². The highest BCUT2D eigenvalue weighted by Crippen LogP contribution is 2.28. The van der Waals surface area contributed by atoms with Crippen molar-refractivity contribution in [1.29, 1.82) is 0 Å². The van der Waals surface area contributed by atoms with E-state index in [1.165, 1.54) is 0 Å². The van der Waals surface area contributed by atoms with Gasteiger partial charge in [-0.05, 0) is 26.8 Å². The largest absolute Gasteiger partial charge is 0.367 e. The Hall–Kier alpha value is -1.85. The van der Waals surface area contributed by atoms with E-state index < -0.39 is 24.2 Å². The molecule has 0 saturated carbocycles. The zero-order valence-corrected chi connectivity index (χ0v) is 19.1. The number of carbonyl (C=O) groups is 1. The molecule has 0 radical (unpaired) electrons. The molecule has 172 valence electrons. The van der Waals surface area contributed by atoms with Crippen molar-refractivity contribution in [2.45, 2.75) is 44.0 Å². The third-order valence-corrected chi connectivity index (χ3v) is 6.20. The summed E-state index contributed by atoms with van der Waals surface area (Å²) in [5.74, 6) is -1.29. The number of nitroso groups, excluding NO2 is 1. The number of pyridine rings is 1. The molecule has 31 heavy (non-hydrogen) atoms. The third kappa shape index (κ3) is 5.89. The number of hydrogen-bond acceptors (Lipinski definition) is 9. The lowest BCUT2D eigenvalue weighted by Gasteiger charge is -2.43. The van der Waals surface area contributed by atoms with E-state index in [0.29, 0.717) is 18.8 Å². The first-order valence-electron chi connectivity index (χ1n) is 10.6. The molecule has 1 amide bonds. The number of halogens is 1. The minimum Gasteiger partial charge on any atom is -0.367 e. The second kappa shape index (κ2) is 10.2. The van der Waals surface area contributed by atoms with Gasteiger partial charge in [-0.2, -0.15) is 0 Å². The van der Waals surface area contributed by atoms with Gasteiger partial charge in [0.1, 0.15) is 5.92 Å². The van der Waals surface area contributed by atoms with Gasteiger partial charge in [-0.1, -0.05) is 5.18 Å². The van der Waals surface area contributed by atoms with E-state index in [1.807, 2.05) is 6.07 Å². The van der Waals surface area contributed by atoms with Crippen molar-refractivity contribution in [3.63, 3.8) is 0 Å². The molecule has 2 unspecified atom stereocenters. The van der Waals surface area contributed by atoms with Crippen LogP contribution < -0.4 is 26.6 Å². The molecule has 2 fully saturated rings. The monoisotopic (exact) mass is 452 g/mol. The molecule has 1 aromatic rings. The highest BCUT2D eigenvalue weighted by molar-refractivity contribution is 6.21. The molecule has 11 heteroatoms. The standard InChI is InChI=1S/C20H33ClN8O2/c1-20(2,3)29-8-6-28(7-9-29)15-4-5-23-12-14(15)26-19(30)16(17(22)27-31)18-24-10-13(21)11-25-18/h4-5,12-13,16-18,24-25H,6-11,22H2,1-3H3,(H,26,30). The quantitative estimate of drug-likeness (QED) is 0.367. The van der Waals surface area contributed by atoms with E-state index >= 15 is 0 Å². The first kappa shape index (κ1) is 23.8. The van der Waals surface area contributed by atoms with Crippen LogP contribution >= 0.6 is 11.6 Å². The zero-order valence-electron chi connectivity index (χ0n) is 18.3. The van der Waals surface area contributed by atoms with Gasteiger partial charge in [0.2, 0.25) is 5.91 Å². The summed E-state index contributed by atoms with van der Waals surface area (Å²) >= 11 is 6.10. The van der Waals surface area contributed by atoms with Crippen LogP contribution in [0.15, 0.2) is 23.6 Å².